The van der Waals surface area contributed by atoms with Crippen LogP contribution in [0.2, 0.25) is 0 Å². The first-order valence-electron chi connectivity index (χ1n) is 10.7. The van der Waals surface area contributed by atoms with Crippen LogP contribution in [0, 0.1) is 5.92 Å². The van der Waals surface area contributed by atoms with Gasteiger partial charge in [0.15, 0.2) is 5.82 Å². The van der Waals surface area contributed by atoms with Gasteiger partial charge >= 0.3 is 0 Å². The lowest BCUT2D eigenvalue weighted by Gasteiger charge is -2.34. The summed E-state index contributed by atoms with van der Waals surface area (Å²) in [5.74, 6) is 2.10. The Hall–Kier alpha value is -2.63. The summed E-state index contributed by atoms with van der Waals surface area (Å²) in [4.78, 5) is 17.1. The molecule has 1 amide bonds. The monoisotopic (exact) mass is 396 g/mol. The Kier molecular flexibility index (Phi) is 7.44. The molecule has 0 radical (unpaired) electrons. The first kappa shape index (κ1) is 21.1. The number of hydrogen-bond acceptors (Lipinski definition) is 5. The number of ether oxygens (including phenoxy) is 1. The third-order valence-electron chi connectivity index (χ3n) is 5.68. The van der Waals surface area contributed by atoms with Gasteiger partial charge in [-0.25, -0.2) is 0 Å². The fourth-order valence-electron chi connectivity index (χ4n) is 3.88. The molecule has 0 aliphatic carbocycles. The molecule has 1 aliphatic heterocycles. The summed E-state index contributed by atoms with van der Waals surface area (Å²) < 4.78 is 5.42. The SMILES string of the molecule is CCCCN(CC)C(=O)C1CCN(c2ccc(-c3ccccc3OC)nn2)CC1. The molecule has 0 unspecified atom stereocenters. The van der Waals surface area contributed by atoms with E-state index in [1.54, 1.807) is 7.11 Å². The zero-order chi connectivity index (χ0) is 20.6. The lowest BCUT2D eigenvalue weighted by molar-refractivity contribution is -0.136. The summed E-state index contributed by atoms with van der Waals surface area (Å²) in [6.45, 7) is 7.59. The molecule has 6 nitrogen and oxygen atoms in total. The number of benzene rings is 1. The molecule has 29 heavy (non-hydrogen) atoms. The van der Waals surface area contributed by atoms with Crippen molar-refractivity contribution in [3.63, 3.8) is 0 Å². The molecule has 1 aliphatic rings. The van der Waals surface area contributed by atoms with Crippen LogP contribution in [-0.2, 0) is 4.79 Å². The number of carbonyl (C=O) groups excluding carboxylic acids is 1. The van der Waals surface area contributed by atoms with Crippen LogP contribution in [0.1, 0.15) is 39.5 Å². The fraction of sp³-hybridized carbons (Fsp3) is 0.522. The molecule has 0 N–H and O–H groups in total. The highest BCUT2D eigenvalue weighted by atomic mass is 16.5. The van der Waals surface area contributed by atoms with Crippen LogP contribution in [0.4, 0.5) is 5.82 Å². The van der Waals surface area contributed by atoms with Crippen LogP contribution >= 0.6 is 0 Å². The molecule has 156 valence electrons. The maximum absolute atomic E-state index is 12.8. The van der Waals surface area contributed by atoms with Gasteiger partial charge in [0.05, 0.1) is 12.8 Å². The van der Waals surface area contributed by atoms with E-state index in [1.165, 1.54) is 0 Å². The molecule has 1 fully saturated rings. The van der Waals surface area contributed by atoms with E-state index in [9.17, 15) is 4.79 Å². The summed E-state index contributed by atoms with van der Waals surface area (Å²) >= 11 is 0. The molecule has 1 saturated heterocycles. The Morgan fingerprint density at radius 3 is 2.52 bits per heavy atom. The number of anilines is 1. The second-order valence-corrected chi connectivity index (χ2v) is 7.51. The smallest absolute Gasteiger partial charge is 0.225 e. The Bertz CT molecular complexity index is 786. The van der Waals surface area contributed by atoms with E-state index in [0.717, 1.165) is 74.7 Å². The molecule has 1 aromatic heterocycles. The fourth-order valence-corrected chi connectivity index (χ4v) is 3.88. The van der Waals surface area contributed by atoms with Crippen LogP contribution < -0.4 is 9.64 Å². The third kappa shape index (κ3) is 5.05. The van der Waals surface area contributed by atoms with Gasteiger partial charge in [-0.05, 0) is 50.5 Å². The maximum Gasteiger partial charge on any atom is 0.225 e. The van der Waals surface area contributed by atoms with Crippen molar-refractivity contribution < 1.29 is 9.53 Å². The summed E-state index contributed by atoms with van der Waals surface area (Å²) in [6.07, 6.45) is 3.94. The van der Waals surface area contributed by atoms with Gasteiger partial charge in [-0.15, -0.1) is 10.2 Å². The second-order valence-electron chi connectivity index (χ2n) is 7.51. The Balaban J connectivity index is 1.60. The van der Waals surface area contributed by atoms with E-state index >= 15 is 0 Å². The summed E-state index contributed by atoms with van der Waals surface area (Å²) in [7, 11) is 1.66. The number of unbranched alkanes of at least 4 members (excludes halogenated alkanes) is 1. The van der Waals surface area contributed by atoms with Gasteiger partial charge in [0.2, 0.25) is 5.91 Å². The van der Waals surface area contributed by atoms with Crippen molar-refractivity contribution >= 4 is 11.7 Å². The minimum atomic E-state index is 0.129. The molecule has 0 atom stereocenters. The standard InChI is InChI=1S/C23H32N4O2/c1-4-6-15-26(5-2)23(28)18-13-16-27(17-14-18)22-12-11-20(24-25-22)19-9-7-8-10-21(19)29-3/h7-12,18H,4-6,13-17H2,1-3H3. The number of nitrogens with zero attached hydrogens (tertiary/aromatic N) is 4. The molecule has 3 rings (SSSR count). The van der Waals surface area contributed by atoms with Gasteiger partial charge < -0.3 is 14.5 Å². The minimum Gasteiger partial charge on any atom is -0.496 e. The van der Waals surface area contributed by atoms with E-state index in [-0.39, 0.29) is 5.92 Å². The van der Waals surface area contributed by atoms with E-state index in [0.29, 0.717) is 5.91 Å². The van der Waals surface area contributed by atoms with Crippen LogP contribution in [-0.4, -0.2) is 54.3 Å². The zero-order valence-corrected chi connectivity index (χ0v) is 17.8. The van der Waals surface area contributed by atoms with Crippen molar-refractivity contribution in [2.75, 3.05) is 38.2 Å². The third-order valence-corrected chi connectivity index (χ3v) is 5.68. The molecule has 0 spiro atoms. The van der Waals surface area contributed by atoms with Crippen molar-refractivity contribution in [1.82, 2.24) is 15.1 Å². The molecule has 1 aromatic carbocycles. The highest BCUT2D eigenvalue weighted by Gasteiger charge is 2.28. The first-order chi connectivity index (χ1) is 14.2. The quantitative estimate of drug-likeness (QED) is 0.675. The molecule has 2 heterocycles. The molecule has 2 aromatic rings. The van der Waals surface area contributed by atoms with Crippen molar-refractivity contribution in [3.05, 3.63) is 36.4 Å². The van der Waals surface area contributed by atoms with Gasteiger partial charge in [-0.3, -0.25) is 4.79 Å². The molecular weight excluding hydrogens is 364 g/mol. The number of rotatable bonds is 8. The number of methoxy groups -OCH3 is 1. The van der Waals surface area contributed by atoms with Gasteiger partial charge in [0.25, 0.3) is 0 Å². The summed E-state index contributed by atoms with van der Waals surface area (Å²) in [5, 5.41) is 8.86. The number of carbonyl (C=O) groups is 1. The average Bonchev–Trinajstić information content (AvgIpc) is 2.79. The number of aromatic nitrogens is 2. The van der Waals surface area contributed by atoms with Crippen LogP contribution in [0.3, 0.4) is 0 Å². The Morgan fingerprint density at radius 2 is 1.90 bits per heavy atom. The van der Waals surface area contributed by atoms with Gasteiger partial charge in [-0.2, -0.15) is 0 Å². The number of para-hydroxylation sites is 1. The minimum absolute atomic E-state index is 0.129. The summed E-state index contributed by atoms with van der Waals surface area (Å²) in [5.41, 5.74) is 1.73. The van der Waals surface area contributed by atoms with Crippen molar-refractivity contribution in [1.29, 1.82) is 0 Å². The molecule has 0 bridgehead atoms. The second kappa shape index (κ2) is 10.2. The molecular formula is C23H32N4O2. The maximum atomic E-state index is 12.8. The largest absolute Gasteiger partial charge is 0.496 e. The highest BCUT2D eigenvalue weighted by Crippen LogP contribution is 2.29. The lowest BCUT2D eigenvalue weighted by atomic mass is 9.95. The van der Waals surface area contributed by atoms with Crippen molar-refractivity contribution in [2.24, 2.45) is 5.92 Å². The first-order valence-corrected chi connectivity index (χ1v) is 10.7. The van der Waals surface area contributed by atoms with Gasteiger partial charge in [0.1, 0.15) is 5.75 Å². The summed E-state index contributed by atoms with van der Waals surface area (Å²) in [6, 6.07) is 11.8. The Morgan fingerprint density at radius 1 is 1.14 bits per heavy atom. The van der Waals surface area contributed by atoms with Crippen LogP contribution in [0.15, 0.2) is 36.4 Å². The van der Waals surface area contributed by atoms with E-state index < -0.39 is 0 Å². The zero-order valence-electron chi connectivity index (χ0n) is 17.8. The topological polar surface area (TPSA) is 58.6 Å². The average molecular weight is 397 g/mol. The van der Waals surface area contributed by atoms with Crippen molar-refractivity contribution in [3.8, 4) is 17.0 Å². The predicted octanol–water partition coefficient (Wildman–Crippen LogP) is 4.02. The number of hydrogen-bond donors (Lipinski definition) is 0. The Labute approximate surface area is 173 Å². The van der Waals surface area contributed by atoms with E-state index in [1.807, 2.05) is 41.3 Å². The van der Waals surface area contributed by atoms with Crippen LogP contribution in [0.25, 0.3) is 11.3 Å². The lowest BCUT2D eigenvalue weighted by Crippen LogP contribution is -2.43. The normalized spacial score (nSPS) is 14.7. The van der Waals surface area contributed by atoms with E-state index in [4.69, 9.17) is 4.74 Å². The number of amides is 1. The predicted molar refractivity (Wildman–Crippen MR) is 116 cm³/mol. The molecule has 6 heteroatoms. The number of piperidine rings is 1. The highest BCUT2D eigenvalue weighted by molar-refractivity contribution is 5.79. The molecule has 0 saturated carbocycles. The van der Waals surface area contributed by atoms with Crippen molar-refractivity contribution in [2.45, 2.75) is 39.5 Å². The van der Waals surface area contributed by atoms with Gasteiger partial charge in [0, 0.05) is 37.7 Å². The van der Waals surface area contributed by atoms with E-state index in [2.05, 4.69) is 28.9 Å². The van der Waals surface area contributed by atoms with Gasteiger partial charge in [-0.1, -0.05) is 25.5 Å². The van der Waals surface area contributed by atoms with Crippen LogP contribution in [0.5, 0.6) is 5.75 Å².